The molecule has 1 aromatic rings. The quantitative estimate of drug-likeness (QED) is 0.826. The lowest BCUT2D eigenvalue weighted by Crippen LogP contribution is -2.41. The van der Waals surface area contributed by atoms with Gasteiger partial charge in [0, 0.05) is 37.9 Å². The average molecular weight is 345 g/mol. The van der Waals surface area contributed by atoms with Gasteiger partial charge in [0.05, 0.1) is 0 Å². The van der Waals surface area contributed by atoms with Crippen molar-refractivity contribution in [2.75, 3.05) is 13.1 Å². The topological polar surface area (TPSA) is 51.0 Å². The van der Waals surface area contributed by atoms with Crippen LogP contribution in [0.5, 0.6) is 0 Å². The molecule has 3 aliphatic rings. The first kappa shape index (κ1) is 17.0. The zero-order valence-corrected chi connectivity index (χ0v) is 16.2. The lowest BCUT2D eigenvalue weighted by atomic mass is 9.96. The van der Waals surface area contributed by atoms with Gasteiger partial charge in [-0.25, -0.2) is 0 Å². The molecule has 138 valence electrons. The molecule has 25 heavy (non-hydrogen) atoms. The first-order chi connectivity index (χ1) is 11.8. The number of amides is 1. The molecule has 2 aliphatic heterocycles. The molecule has 0 radical (unpaired) electrons. The van der Waals surface area contributed by atoms with E-state index in [9.17, 15) is 4.79 Å². The molecule has 5 nitrogen and oxygen atoms in total. The Labute approximate surface area is 151 Å². The van der Waals surface area contributed by atoms with E-state index in [1.54, 1.807) is 0 Å². The molecular weight excluding hydrogens is 312 g/mol. The minimum atomic E-state index is 0.114. The van der Waals surface area contributed by atoms with Crippen LogP contribution in [0.3, 0.4) is 0 Å². The third-order valence-corrected chi connectivity index (χ3v) is 7.50. The third kappa shape index (κ3) is 2.61. The summed E-state index contributed by atoms with van der Waals surface area (Å²) >= 11 is 0. The second-order valence-electron chi connectivity index (χ2n) is 9.44. The smallest absolute Gasteiger partial charge is 0.226 e. The summed E-state index contributed by atoms with van der Waals surface area (Å²) in [6, 6.07) is 0. The highest BCUT2D eigenvalue weighted by atomic mass is 16.2. The highest BCUT2D eigenvalue weighted by Crippen LogP contribution is 2.68. The summed E-state index contributed by atoms with van der Waals surface area (Å²) in [5, 5.41) is 9.01. The molecule has 0 bridgehead atoms. The highest BCUT2D eigenvalue weighted by molar-refractivity contribution is 5.84. The van der Waals surface area contributed by atoms with Crippen molar-refractivity contribution in [3.05, 3.63) is 11.6 Å². The predicted octanol–water partition coefficient (Wildman–Crippen LogP) is 3.39. The number of hydrogen-bond acceptors (Lipinski definition) is 3. The van der Waals surface area contributed by atoms with E-state index in [0.29, 0.717) is 11.8 Å². The fourth-order valence-corrected chi connectivity index (χ4v) is 5.19. The maximum absolute atomic E-state index is 13.1. The van der Waals surface area contributed by atoms with Crippen LogP contribution in [-0.4, -0.2) is 38.7 Å². The van der Waals surface area contributed by atoms with Crippen molar-refractivity contribution in [1.29, 1.82) is 0 Å². The van der Waals surface area contributed by atoms with Crippen LogP contribution in [0.1, 0.15) is 77.4 Å². The van der Waals surface area contributed by atoms with Gasteiger partial charge in [-0.05, 0) is 36.5 Å². The lowest BCUT2D eigenvalue weighted by molar-refractivity contribution is -0.135. The van der Waals surface area contributed by atoms with Gasteiger partial charge in [-0.15, -0.1) is 10.2 Å². The maximum atomic E-state index is 13.1. The molecule has 1 aliphatic carbocycles. The summed E-state index contributed by atoms with van der Waals surface area (Å²) in [5.74, 6) is 3.15. The standard InChI is InChI=1S/C20H32N4O/c1-19(2)16(20(19,3)4)18(25)23-11-8-9-14(13-23)17-22-21-15-10-6-5-7-12-24(15)17/h14,16H,5-13H2,1-4H3/t14-/m0/s1. The van der Waals surface area contributed by atoms with Crippen molar-refractivity contribution in [3.63, 3.8) is 0 Å². The van der Waals surface area contributed by atoms with Crippen molar-refractivity contribution in [3.8, 4) is 0 Å². The number of fused-ring (bicyclic) bond motifs is 1. The highest BCUT2D eigenvalue weighted by Gasteiger charge is 2.68. The van der Waals surface area contributed by atoms with E-state index in [1.165, 1.54) is 19.3 Å². The van der Waals surface area contributed by atoms with E-state index in [-0.39, 0.29) is 16.7 Å². The van der Waals surface area contributed by atoms with Crippen LogP contribution in [0.2, 0.25) is 0 Å². The molecule has 5 heteroatoms. The van der Waals surface area contributed by atoms with E-state index in [2.05, 4.69) is 47.4 Å². The molecule has 3 heterocycles. The first-order valence-corrected chi connectivity index (χ1v) is 10.0. The second-order valence-corrected chi connectivity index (χ2v) is 9.44. The number of carbonyl (C=O) groups is 1. The van der Waals surface area contributed by atoms with Crippen LogP contribution in [-0.2, 0) is 17.8 Å². The van der Waals surface area contributed by atoms with Gasteiger partial charge in [0.15, 0.2) is 0 Å². The van der Waals surface area contributed by atoms with E-state index in [0.717, 1.165) is 50.5 Å². The summed E-state index contributed by atoms with van der Waals surface area (Å²) < 4.78 is 2.36. The molecular formula is C20H32N4O. The molecule has 1 saturated carbocycles. The number of carbonyl (C=O) groups excluding carboxylic acids is 1. The molecule has 1 atom stereocenters. The summed E-state index contributed by atoms with van der Waals surface area (Å²) in [4.78, 5) is 15.3. The van der Waals surface area contributed by atoms with Crippen LogP contribution in [0.4, 0.5) is 0 Å². The Hall–Kier alpha value is -1.39. The van der Waals surface area contributed by atoms with Gasteiger partial charge in [0.2, 0.25) is 5.91 Å². The first-order valence-electron chi connectivity index (χ1n) is 10.0. The van der Waals surface area contributed by atoms with Gasteiger partial charge in [-0.1, -0.05) is 34.1 Å². The number of nitrogens with zero attached hydrogens (tertiary/aromatic N) is 4. The van der Waals surface area contributed by atoms with Crippen molar-refractivity contribution in [1.82, 2.24) is 19.7 Å². The summed E-state index contributed by atoms with van der Waals surface area (Å²) in [6.45, 7) is 11.7. The van der Waals surface area contributed by atoms with Crippen LogP contribution >= 0.6 is 0 Å². The van der Waals surface area contributed by atoms with Crippen molar-refractivity contribution < 1.29 is 4.79 Å². The van der Waals surface area contributed by atoms with Gasteiger partial charge in [-0.3, -0.25) is 4.79 Å². The van der Waals surface area contributed by atoms with Crippen molar-refractivity contribution in [2.24, 2.45) is 16.7 Å². The minimum Gasteiger partial charge on any atom is -0.342 e. The normalized spacial score (nSPS) is 28.3. The minimum absolute atomic E-state index is 0.114. The SMILES string of the molecule is CC1(C)C(C(=O)N2CCC[C@H](c3nnc4n3CCCCC4)C2)C1(C)C. The number of piperidine rings is 1. The van der Waals surface area contributed by atoms with Crippen LogP contribution < -0.4 is 0 Å². The van der Waals surface area contributed by atoms with Gasteiger partial charge < -0.3 is 9.47 Å². The molecule has 0 N–H and O–H groups in total. The van der Waals surface area contributed by atoms with E-state index >= 15 is 0 Å². The monoisotopic (exact) mass is 344 g/mol. The summed E-state index contributed by atoms with van der Waals surface area (Å²) in [6.07, 6.45) is 6.97. The fourth-order valence-electron chi connectivity index (χ4n) is 5.19. The van der Waals surface area contributed by atoms with Crippen LogP contribution in [0.25, 0.3) is 0 Å². The number of aromatic nitrogens is 3. The zero-order chi connectivity index (χ0) is 17.8. The van der Waals surface area contributed by atoms with Gasteiger partial charge in [0.25, 0.3) is 0 Å². The maximum Gasteiger partial charge on any atom is 0.226 e. The largest absolute Gasteiger partial charge is 0.342 e. The van der Waals surface area contributed by atoms with E-state index < -0.39 is 0 Å². The molecule has 1 amide bonds. The molecule has 1 aromatic heterocycles. The molecule has 4 rings (SSSR count). The number of hydrogen-bond donors (Lipinski definition) is 0. The Kier molecular flexibility index (Phi) is 3.97. The number of aryl methyl sites for hydroxylation is 1. The molecule has 2 fully saturated rings. The summed E-state index contributed by atoms with van der Waals surface area (Å²) in [5.41, 5.74) is 0.228. The Morgan fingerprint density at radius 3 is 2.48 bits per heavy atom. The Morgan fingerprint density at radius 2 is 1.76 bits per heavy atom. The second kappa shape index (κ2) is 5.82. The molecule has 1 saturated heterocycles. The Bertz CT molecular complexity index is 661. The van der Waals surface area contributed by atoms with E-state index in [4.69, 9.17) is 0 Å². The van der Waals surface area contributed by atoms with Crippen molar-refractivity contribution >= 4 is 5.91 Å². The van der Waals surface area contributed by atoms with E-state index in [1.807, 2.05) is 0 Å². The Balaban J connectivity index is 1.51. The number of rotatable bonds is 2. The average Bonchev–Trinajstić information content (AvgIpc) is 2.83. The van der Waals surface area contributed by atoms with Crippen LogP contribution in [0.15, 0.2) is 0 Å². The van der Waals surface area contributed by atoms with Crippen molar-refractivity contribution in [2.45, 2.75) is 78.7 Å². The van der Waals surface area contributed by atoms with Gasteiger partial charge in [-0.2, -0.15) is 0 Å². The zero-order valence-electron chi connectivity index (χ0n) is 16.2. The molecule has 0 spiro atoms. The molecule has 0 unspecified atom stereocenters. The predicted molar refractivity (Wildman–Crippen MR) is 97.2 cm³/mol. The fraction of sp³-hybridized carbons (Fsp3) is 0.850. The Morgan fingerprint density at radius 1 is 1.00 bits per heavy atom. The molecule has 0 aromatic carbocycles. The third-order valence-electron chi connectivity index (χ3n) is 7.50. The van der Waals surface area contributed by atoms with Gasteiger partial charge >= 0.3 is 0 Å². The van der Waals surface area contributed by atoms with Crippen LogP contribution in [0, 0.1) is 16.7 Å². The lowest BCUT2D eigenvalue weighted by Gasteiger charge is -2.33. The number of likely N-dealkylation sites (tertiary alicyclic amines) is 1. The summed E-state index contributed by atoms with van der Waals surface area (Å²) in [7, 11) is 0. The van der Waals surface area contributed by atoms with Gasteiger partial charge in [0.1, 0.15) is 11.6 Å².